The molecule has 0 aromatic heterocycles. The minimum absolute atomic E-state index is 0.0592. The van der Waals surface area contributed by atoms with Gasteiger partial charge in [0.05, 0.1) is 6.04 Å². The van der Waals surface area contributed by atoms with Gasteiger partial charge in [0.15, 0.2) is 0 Å². The largest absolute Gasteiger partial charge is 0.370 e. The normalized spacial score (nSPS) is 21.2. The summed E-state index contributed by atoms with van der Waals surface area (Å²) in [6.45, 7) is 1.56. The van der Waals surface area contributed by atoms with Crippen molar-refractivity contribution in [1.82, 2.24) is 10.6 Å². The number of rotatable bonds is 6. The van der Waals surface area contributed by atoms with Crippen LogP contribution >= 0.6 is 0 Å². The molecule has 4 N–H and O–H groups in total. The molecular weight excluding hydrogens is 206 g/mol. The average Bonchev–Trinajstić information content (AvgIpc) is 2.43. The molecule has 0 saturated carbocycles. The van der Waals surface area contributed by atoms with E-state index >= 15 is 0 Å². The first-order valence-electron chi connectivity index (χ1n) is 5.99. The lowest BCUT2D eigenvalue weighted by atomic mass is 10.1. The second-order valence-electron chi connectivity index (χ2n) is 4.22. The lowest BCUT2D eigenvalue weighted by Crippen LogP contribution is -2.43. The molecule has 1 aliphatic heterocycles. The van der Waals surface area contributed by atoms with Crippen LogP contribution in [0.15, 0.2) is 0 Å². The Bertz CT molecular complexity index is 243. The number of amides is 2. The van der Waals surface area contributed by atoms with Crippen molar-refractivity contribution in [1.29, 1.82) is 0 Å². The van der Waals surface area contributed by atoms with Crippen LogP contribution in [-0.4, -0.2) is 30.9 Å². The molecule has 5 heteroatoms. The molecular formula is C11H21N3O2. The highest BCUT2D eigenvalue weighted by Crippen LogP contribution is 2.05. The van der Waals surface area contributed by atoms with E-state index in [9.17, 15) is 9.59 Å². The van der Waals surface area contributed by atoms with E-state index in [2.05, 4.69) is 10.6 Å². The van der Waals surface area contributed by atoms with Crippen LogP contribution in [0, 0.1) is 0 Å². The van der Waals surface area contributed by atoms with Crippen molar-refractivity contribution in [3.05, 3.63) is 0 Å². The molecule has 0 bridgehead atoms. The van der Waals surface area contributed by atoms with E-state index in [1.807, 2.05) is 0 Å². The molecule has 92 valence electrons. The molecule has 1 atom stereocenters. The van der Waals surface area contributed by atoms with Crippen LogP contribution in [0.2, 0.25) is 0 Å². The minimum Gasteiger partial charge on any atom is -0.370 e. The first-order valence-corrected chi connectivity index (χ1v) is 5.99. The van der Waals surface area contributed by atoms with E-state index in [0.29, 0.717) is 6.42 Å². The Hall–Kier alpha value is -1.10. The molecule has 1 aliphatic rings. The number of nitrogens with one attached hydrogen (secondary N) is 2. The fourth-order valence-electron chi connectivity index (χ4n) is 1.83. The number of unbranched alkanes of at least 4 members (excludes halogenated alkanes) is 1. The van der Waals surface area contributed by atoms with Gasteiger partial charge in [-0.05, 0) is 38.6 Å². The number of hydrogen-bond donors (Lipinski definition) is 3. The maximum absolute atomic E-state index is 11.5. The molecule has 16 heavy (non-hydrogen) atoms. The molecule has 1 rings (SSSR count). The van der Waals surface area contributed by atoms with Crippen molar-refractivity contribution >= 4 is 11.8 Å². The van der Waals surface area contributed by atoms with Crippen molar-refractivity contribution < 1.29 is 9.59 Å². The summed E-state index contributed by atoms with van der Waals surface area (Å²) in [5, 5.41) is 6.10. The molecule has 1 saturated heterocycles. The van der Waals surface area contributed by atoms with Crippen molar-refractivity contribution in [3.63, 3.8) is 0 Å². The zero-order chi connectivity index (χ0) is 11.8. The van der Waals surface area contributed by atoms with Crippen LogP contribution in [-0.2, 0) is 9.59 Å². The summed E-state index contributed by atoms with van der Waals surface area (Å²) < 4.78 is 0. The smallest absolute Gasteiger partial charge is 0.237 e. The first kappa shape index (κ1) is 13.0. The zero-order valence-electron chi connectivity index (χ0n) is 9.63. The zero-order valence-corrected chi connectivity index (χ0v) is 9.63. The molecule has 0 aromatic rings. The standard InChI is InChI=1S/C11H21N3O2/c12-10(15)6-2-4-7-13-9-5-1-3-8-14-11(9)16/h9,13H,1-8H2,(H2,12,15)(H,14,16). The summed E-state index contributed by atoms with van der Waals surface area (Å²) in [5.74, 6) is -0.153. The number of primary amides is 1. The van der Waals surface area contributed by atoms with E-state index in [-0.39, 0.29) is 17.9 Å². The van der Waals surface area contributed by atoms with Crippen LogP contribution in [0.3, 0.4) is 0 Å². The summed E-state index contributed by atoms with van der Waals surface area (Å²) in [6, 6.07) is -0.0592. The number of hydrogen-bond acceptors (Lipinski definition) is 3. The minimum atomic E-state index is -0.257. The molecule has 5 nitrogen and oxygen atoms in total. The average molecular weight is 227 g/mol. The summed E-state index contributed by atoms with van der Waals surface area (Å²) >= 11 is 0. The molecule has 1 fully saturated rings. The van der Waals surface area contributed by atoms with Crippen LogP contribution in [0.25, 0.3) is 0 Å². The van der Waals surface area contributed by atoms with Gasteiger partial charge in [0.1, 0.15) is 0 Å². The second-order valence-corrected chi connectivity index (χ2v) is 4.22. The SMILES string of the molecule is NC(=O)CCCCNC1CCCCNC1=O. The van der Waals surface area contributed by atoms with Crippen LogP contribution in [0.5, 0.6) is 0 Å². The van der Waals surface area contributed by atoms with Gasteiger partial charge in [-0.2, -0.15) is 0 Å². The van der Waals surface area contributed by atoms with Crippen LogP contribution in [0.1, 0.15) is 38.5 Å². The van der Waals surface area contributed by atoms with Crippen LogP contribution in [0.4, 0.5) is 0 Å². The van der Waals surface area contributed by atoms with Gasteiger partial charge in [0.25, 0.3) is 0 Å². The molecule has 0 aliphatic carbocycles. The Morgan fingerprint density at radius 3 is 3.00 bits per heavy atom. The summed E-state index contributed by atoms with van der Waals surface area (Å²) in [5.41, 5.74) is 5.04. The highest BCUT2D eigenvalue weighted by atomic mass is 16.2. The predicted molar refractivity (Wildman–Crippen MR) is 61.7 cm³/mol. The third kappa shape index (κ3) is 5.11. The molecule has 1 heterocycles. The third-order valence-electron chi connectivity index (χ3n) is 2.78. The Balaban J connectivity index is 2.10. The quantitative estimate of drug-likeness (QED) is 0.554. The lowest BCUT2D eigenvalue weighted by Gasteiger charge is -2.14. The van der Waals surface area contributed by atoms with Gasteiger partial charge in [-0.25, -0.2) is 0 Å². The van der Waals surface area contributed by atoms with E-state index in [1.54, 1.807) is 0 Å². The van der Waals surface area contributed by atoms with E-state index in [4.69, 9.17) is 5.73 Å². The van der Waals surface area contributed by atoms with Gasteiger partial charge >= 0.3 is 0 Å². The van der Waals surface area contributed by atoms with Gasteiger partial charge in [0, 0.05) is 13.0 Å². The van der Waals surface area contributed by atoms with Crippen molar-refractivity contribution in [2.75, 3.05) is 13.1 Å². The van der Waals surface area contributed by atoms with Crippen molar-refractivity contribution in [2.24, 2.45) is 5.73 Å². The first-order chi connectivity index (χ1) is 7.70. The Morgan fingerprint density at radius 1 is 1.44 bits per heavy atom. The molecule has 2 amide bonds. The monoisotopic (exact) mass is 227 g/mol. The molecule has 0 aromatic carbocycles. The van der Waals surface area contributed by atoms with E-state index in [0.717, 1.165) is 45.2 Å². The Morgan fingerprint density at radius 2 is 2.25 bits per heavy atom. The lowest BCUT2D eigenvalue weighted by molar-refractivity contribution is -0.123. The second kappa shape index (κ2) is 7.22. The topological polar surface area (TPSA) is 84.2 Å². The Labute approximate surface area is 96.1 Å². The fraction of sp³-hybridized carbons (Fsp3) is 0.818. The molecule has 0 radical (unpaired) electrons. The van der Waals surface area contributed by atoms with Gasteiger partial charge in [-0.15, -0.1) is 0 Å². The van der Waals surface area contributed by atoms with Crippen molar-refractivity contribution in [3.8, 4) is 0 Å². The summed E-state index contributed by atoms with van der Waals surface area (Å²) in [6.07, 6.45) is 5.15. The summed E-state index contributed by atoms with van der Waals surface area (Å²) in [4.78, 5) is 22.0. The fourth-order valence-corrected chi connectivity index (χ4v) is 1.83. The number of carbonyl (C=O) groups is 2. The molecule has 1 unspecified atom stereocenters. The van der Waals surface area contributed by atoms with Gasteiger partial charge in [0.2, 0.25) is 11.8 Å². The number of nitrogens with two attached hydrogens (primary N) is 1. The van der Waals surface area contributed by atoms with Gasteiger partial charge in [-0.1, -0.05) is 0 Å². The van der Waals surface area contributed by atoms with Gasteiger partial charge < -0.3 is 16.4 Å². The van der Waals surface area contributed by atoms with Crippen molar-refractivity contribution in [2.45, 2.75) is 44.6 Å². The van der Waals surface area contributed by atoms with E-state index in [1.165, 1.54) is 0 Å². The number of carbonyl (C=O) groups excluding carboxylic acids is 2. The molecule has 0 spiro atoms. The van der Waals surface area contributed by atoms with Crippen LogP contribution < -0.4 is 16.4 Å². The summed E-state index contributed by atoms with van der Waals surface area (Å²) in [7, 11) is 0. The maximum Gasteiger partial charge on any atom is 0.237 e. The van der Waals surface area contributed by atoms with Gasteiger partial charge in [-0.3, -0.25) is 9.59 Å². The highest BCUT2D eigenvalue weighted by Gasteiger charge is 2.19. The van der Waals surface area contributed by atoms with E-state index < -0.39 is 0 Å². The Kier molecular flexibility index (Phi) is 5.85. The highest BCUT2D eigenvalue weighted by molar-refractivity contribution is 5.81. The third-order valence-corrected chi connectivity index (χ3v) is 2.78. The maximum atomic E-state index is 11.5. The predicted octanol–water partition coefficient (Wildman–Crippen LogP) is -0.0997.